The standard InChI is InChI=1S/C60H63ClN20O12S/c1-75-26-35(19-41(75)52(83)63-14-9-16-93-65-24-32-10-8-11-33(18-32)60(91)92)67-54(85)43-23-38(29-77(43)3)70-59(90)50-72-47(31-81(50)7)74-55(86)44-20-34(25-78(44)4)66-51(82)40(62)12-15-64-58(89)49-71-46(30-80(49)6)73-56(87)45-21-36(27-79(45)5)68-53(84)42-22-37(28-76(42)2)69-57(88)48-39(61)13-17-94-48/h8,10-11,13,17-31,40H,9,12,14-16,62H2,1-7H3,(H,63,83)(H,64,89)(H,66,82)(H,67,85)(H,68,84)(H,69,88)(H,70,90)(H,73,87)(H,74,86)(H,91,92)/b65-24-/t40-/m1/s1. The lowest BCUT2D eigenvalue weighted by molar-refractivity contribution is -0.117. The topological polar surface area (TPSA) is 407 Å². The molecule has 0 fully saturated rings. The largest absolute Gasteiger partial charge is 0.478 e. The van der Waals surface area contributed by atoms with Gasteiger partial charge in [0.05, 0.1) is 51.3 Å². The number of oxime groups is 1. The molecule has 8 aromatic heterocycles. The third-order valence-corrected chi connectivity index (χ3v) is 15.5. The van der Waals surface area contributed by atoms with Gasteiger partial charge in [0, 0.05) is 112 Å². The number of imidazole rings is 2. The van der Waals surface area contributed by atoms with E-state index >= 15 is 0 Å². The SMILES string of the molecule is Cn1cc(NC(=O)c2cc(NC(=O)c3nc(NC(=O)c4cc(NC(=O)[C@H](N)CCNC(=O)c5nc(NC(=O)c6cc(NC(=O)c7cc(NC(=O)c8sccc8Cl)cn7C)cn6C)cn5C)cn4C)cn3C)cn2C)cc1C(=O)NCCCO/N=C\c1cccc(C(=O)O)c1. The molecule has 32 nitrogen and oxygen atoms in total. The number of thiophene rings is 1. The summed E-state index contributed by atoms with van der Waals surface area (Å²) in [5.74, 6) is -6.10. The van der Waals surface area contributed by atoms with Gasteiger partial charge < -0.3 is 95.5 Å². The predicted molar refractivity (Wildman–Crippen MR) is 348 cm³/mol. The molecule has 0 unspecified atom stereocenters. The van der Waals surface area contributed by atoms with Crippen LogP contribution in [0.25, 0.3) is 0 Å². The fourth-order valence-electron chi connectivity index (χ4n) is 9.47. The molecular formula is C60H63ClN20O12S. The number of nitrogens with one attached hydrogen (secondary N) is 9. The average Bonchev–Trinajstić information content (AvgIpc) is 1.70. The Morgan fingerprint density at radius 3 is 1.46 bits per heavy atom. The first-order valence-electron chi connectivity index (χ1n) is 28.4. The second kappa shape index (κ2) is 29.0. The van der Waals surface area contributed by atoms with E-state index in [1.165, 1.54) is 118 Å². The van der Waals surface area contributed by atoms with Crippen molar-refractivity contribution >= 4 is 128 Å². The molecule has 0 aliphatic rings. The summed E-state index contributed by atoms with van der Waals surface area (Å²) in [6.45, 7) is 0.391. The number of amides is 9. The number of aromatic nitrogens is 9. The lowest BCUT2D eigenvalue weighted by Gasteiger charge is -2.12. The van der Waals surface area contributed by atoms with E-state index in [1.54, 1.807) is 89.9 Å². The number of halogens is 1. The normalized spacial score (nSPS) is 11.4. The Hall–Kier alpha value is -11.8. The van der Waals surface area contributed by atoms with E-state index in [1.807, 2.05) is 0 Å². The van der Waals surface area contributed by atoms with Gasteiger partial charge in [0.2, 0.25) is 17.6 Å². The maximum Gasteiger partial charge on any atom is 0.335 e. The van der Waals surface area contributed by atoms with E-state index in [2.05, 4.69) is 63.0 Å². The highest BCUT2D eigenvalue weighted by Gasteiger charge is 2.25. The number of carboxylic acids is 1. The Labute approximate surface area is 543 Å². The van der Waals surface area contributed by atoms with Crippen LogP contribution in [0, 0.1) is 0 Å². The van der Waals surface area contributed by atoms with Gasteiger partial charge in [-0.15, -0.1) is 11.3 Å². The number of carbonyl (C=O) groups is 10. The second-order valence-electron chi connectivity index (χ2n) is 21.3. The zero-order valence-corrected chi connectivity index (χ0v) is 52.9. The van der Waals surface area contributed by atoms with E-state index in [0.717, 1.165) is 0 Å². The maximum absolute atomic E-state index is 13.5. The molecule has 9 amide bonds. The van der Waals surface area contributed by atoms with Crippen LogP contribution < -0.4 is 53.6 Å². The third-order valence-electron chi connectivity index (χ3n) is 14.1. The summed E-state index contributed by atoms with van der Waals surface area (Å²) in [5.41, 5.74) is 9.29. The van der Waals surface area contributed by atoms with Crippen molar-refractivity contribution in [2.75, 3.05) is 56.9 Å². The predicted octanol–water partition coefficient (Wildman–Crippen LogP) is 5.03. The van der Waals surface area contributed by atoms with Crippen LogP contribution >= 0.6 is 22.9 Å². The Bertz CT molecular complexity index is 4480. The van der Waals surface area contributed by atoms with Crippen molar-refractivity contribution in [3.63, 3.8) is 0 Å². The van der Waals surface area contributed by atoms with Gasteiger partial charge in [-0.05, 0) is 65.9 Å². The molecule has 0 aliphatic heterocycles. The summed E-state index contributed by atoms with van der Waals surface area (Å²) < 4.78 is 10.3. The van der Waals surface area contributed by atoms with Crippen molar-refractivity contribution in [3.8, 4) is 0 Å². The summed E-state index contributed by atoms with van der Waals surface area (Å²) in [5, 5.41) is 39.4. The summed E-state index contributed by atoms with van der Waals surface area (Å²) in [6.07, 6.45) is 12.3. The van der Waals surface area contributed by atoms with E-state index in [4.69, 9.17) is 27.3 Å². The van der Waals surface area contributed by atoms with Crippen molar-refractivity contribution in [1.29, 1.82) is 0 Å². The molecular weight excluding hydrogens is 1260 g/mol. The van der Waals surface area contributed by atoms with Crippen molar-refractivity contribution in [2.24, 2.45) is 60.2 Å². The summed E-state index contributed by atoms with van der Waals surface area (Å²) >= 11 is 7.27. The van der Waals surface area contributed by atoms with Crippen molar-refractivity contribution in [3.05, 3.63) is 171 Å². The number of carboxylic acid groups (broad SMARTS) is 1. The molecule has 0 spiro atoms. The fourth-order valence-corrected chi connectivity index (χ4v) is 10.5. The van der Waals surface area contributed by atoms with Crippen LogP contribution in [-0.2, 0) is 59.0 Å². The monoisotopic (exact) mass is 1320 g/mol. The molecule has 12 N–H and O–H groups in total. The smallest absolute Gasteiger partial charge is 0.335 e. The van der Waals surface area contributed by atoms with Crippen molar-refractivity contribution in [2.45, 2.75) is 18.9 Å². The minimum Gasteiger partial charge on any atom is -0.478 e. The van der Waals surface area contributed by atoms with Gasteiger partial charge >= 0.3 is 5.97 Å². The van der Waals surface area contributed by atoms with Crippen LogP contribution in [0.2, 0.25) is 5.02 Å². The molecule has 8 heterocycles. The number of hydrogen-bond acceptors (Lipinski definition) is 16. The minimum absolute atomic E-state index is 0.00302. The molecule has 9 aromatic rings. The van der Waals surface area contributed by atoms with Gasteiger partial charge in [-0.25, -0.2) is 14.8 Å². The lowest BCUT2D eigenvalue weighted by atomic mass is 10.1. The van der Waals surface area contributed by atoms with Gasteiger partial charge in [-0.2, -0.15) is 0 Å². The van der Waals surface area contributed by atoms with Crippen LogP contribution in [0.15, 0.2) is 115 Å². The van der Waals surface area contributed by atoms with Crippen LogP contribution in [0.3, 0.4) is 0 Å². The Balaban J connectivity index is 0.689. The van der Waals surface area contributed by atoms with E-state index in [0.29, 0.717) is 38.9 Å². The number of carbonyl (C=O) groups excluding carboxylic acids is 9. The van der Waals surface area contributed by atoms with E-state index in [-0.39, 0.29) is 94.8 Å². The molecule has 0 radical (unpaired) electrons. The highest BCUT2D eigenvalue weighted by Crippen LogP contribution is 2.26. The number of hydrogen-bond donors (Lipinski definition) is 11. The summed E-state index contributed by atoms with van der Waals surface area (Å²) in [6, 6.07) is 14.0. The number of aromatic carboxylic acids is 1. The fraction of sp³-hybridized carbons (Fsp3) is 0.217. The molecule has 488 valence electrons. The zero-order chi connectivity index (χ0) is 67.7. The van der Waals surface area contributed by atoms with Gasteiger partial charge in [0.1, 0.15) is 40.0 Å². The number of nitrogens with zero attached hydrogens (tertiary/aromatic N) is 10. The minimum atomic E-state index is -1.11. The maximum atomic E-state index is 13.5. The number of rotatable bonds is 26. The number of benzene rings is 1. The molecule has 0 saturated heterocycles. The van der Waals surface area contributed by atoms with Gasteiger partial charge in [-0.3, -0.25) is 43.2 Å². The molecule has 9 rings (SSSR count). The highest BCUT2D eigenvalue weighted by atomic mass is 35.5. The molecule has 94 heavy (non-hydrogen) atoms. The second-order valence-corrected chi connectivity index (χ2v) is 22.6. The van der Waals surface area contributed by atoms with Gasteiger partial charge in [-0.1, -0.05) is 28.9 Å². The number of anilines is 7. The van der Waals surface area contributed by atoms with E-state index in [9.17, 15) is 47.9 Å². The molecule has 0 saturated carbocycles. The number of nitrogens with two attached hydrogens (primary N) is 1. The zero-order valence-electron chi connectivity index (χ0n) is 51.4. The Morgan fingerprint density at radius 1 is 0.543 bits per heavy atom. The molecule has 34 heteroatoms. The first-order chi connectivity index (χ1) is 44.8. The molecule has 0 bridgehead atoms. The van der Waals surface area contributed by atoms with Crippen LogP contribution in [0.4, 0.5) is 40.1 Å². The van der Waals surface area contributed by atoms with E-state index < -0.39 is 65.2 Å². The molecule has 0 aliphatic carbocycles. The van der Waals surface area contributed by atoms with Crippen molar-refractivity contribution < 1.29 is 57.9 Å². The Kier molecular flexibility index (Phi) is 20.5. The number of aryl methyl sites for hydroxylation is 7. The first kappa shape index (κ1) is 66.6. The molecule has 1 atom stereocenters. The average molecular weight is 1320 g/mol. The molecule has 1 aromatic carbocycles. The van der Waals surface area contributed by atoms with Crippen LogP contribution in [0.1, 0.15) is 112 Å². The summed E-state index contributed by atoms with van der Waals surface area (Å²) in [4.78, 5) is 144. The quantitative estimate of drug-likeness (QED) is 0.0192. The van der Waals surface area contributed by atoms with Crippen LogP contribution in [0.5, 0.6) is 0 Å². The highest BCUT2D eigenvalue weighted by molar-refractivity contribution is 7.12. The van der Waals surface area contributed by atoms with Crippen molar-refractivity contribution in [1.82, 2.24) is 52.6 Å². The third kappa shape index (κ3) is 16.2. The summed E-state index contributed by atoms with van der Waals surface area (Å²) in [7, 11) is 11.2. The Morgan fingerprint density at radius 2 is 0.979 bits per heavy atom. The van der Waals surface area contributed by atoms with Gasteiger partial charge in [0.25, 0.3) is 47.3 Å². The lowest BCUT2D eigenvalue weighted by Crippen LogP contribution is -2.39. The van der Waals surface area contributed by atoms with Crippen LogP contribution in [-0.4, -0.2) is 138 Å². The van der Waals surface area contributed by atoms with Gasteiger partial charge in [0.15, 0.2) is 11.6 Å². The first-order valence-corrected chi connectivity index (χ1v) is 29.7.